The number of ketones is 1. The quantitative estimate of drug-likeness (QED) is 0.404. The van der Waals surface area contributed by atoms with Crippen LogP contribution < -0.4 is 10.6 Å². The number of amides is 1. The molecule has 1 spiro atoms. The molecule has 3 aliphatic rings. The van der Waals surface area contributed by atoms with Gasteiger partial charge in [-0.25, -0.2) is 4.79 Å². The molecule has 1 unspecified atom stereocenters. The molecular weight excluding hydrogens is 420 g/mol. The molecule has 2 N–H and O–H groups in total. The fourth-order valence-corrected chi connectivity index (χ4v) is 5.14. The smallest absolute Gasteiger partial charge is 0.341 e. The zero-order valence-electron chi connectivity index (χ0n) is 19.4. The minimum atomic E-state index is -1.70. The average Bonchev–Trinajstić information content (AvgIpc) is 2.96. The second-order valence-corrected chi connectivity index (χ2v) is 9.54. The van der Waals surface area contributed by atoms with Crippen LogP contribution in [0.25, 0.3) is 0 Å². The Morgan fingerprint density at radius 2 is 2.00 bits per heavy atom. The molecule has 2 aliphatic heterocycles. The molecule has 4 rings (SSSR count). The Hall–Kier alpha value is -3.35. The molecule has 0 radical (unpaired) electrons. The second kappa shape index (κ2) is 8.21. The van der Waals surface area contributed by atoms with Gasteiger partial charge in [0.1, 0.15) is 16.7 Å². The number of benzene rings is 1. The average molecular weight is 451 g/mol. The summed E-state index contributed by atoms with van der Waals surface area (Å²) in [5, 5.41) is 0. The van der Waals surface area contributed by atoms with Gasteiger partial charge in [0, 0.05) is 30.6 Å². The topological polar surface area (TPSA) is 98.9 Å². The van der Waals surface area contributed by atoms with Crippen LogP contribution in [-0.2, 0) is 29.3 Å². The zero-order valence-corrected chi connectivity index (χ0v) is 19.4. The number of rotatable bonds is 6. The first-order valence-electron chi connectivity index (χ1n) is 11.3. The summed E-state index contributed by atoms with van der Waals surface area (Å²) in [6.07, 6.45) is 3.76. The highest BCUT2D eigenvalue weighted by Crippen LogP contribution is 2.57. The van der Waals surface area contributed by atoms with Crippen molar-refractivity contribution in [2.45, 2.75) is 51.9 Å². The Bertz CT molecular complexity index is 1110. The molecule has 33 heavy (non-hydrogen) atoms. The number of para-hydroxylation sites is 1. The molecule has 1 amide bonds. The van der Waals surface area contributed by atoms with Crippen LogP contribution in [0.1, 0.15) is 52.0 Å². The van der Waals surface area contributed by atoms with Crippen molar-refractivity contribution in [1.29, 1.82) is 0 Å². The number of hydrogen-bond donors (Lipinski definition) is 1. The summed E-state index contributed by atoms with van der Waals surface area (Å²) in [5.74, 6) is -1.23. The number of nitrogens with zero attached hydrogens (tertiary/aromatic N) is 1. The van der Waals surface area contributed by atoms with E-state index in [1.54, 1.807) is 24.3 Å². The third-order valence-electron chi connectivity index (χ3n) is 6.48. The predicted octanol–water partition coefficient (Wildman–Crippen LogP) is 3.64. The van der Waals surface area contributed by atoms with E-state index in [0.29, 0.717) is 29.9 Å². The number of allylic oxidation sites excluding steroid dienone is 1. The number of ether oxygens (including phenoxy) is 2. The molecule has 7 nitrogen and oxygen atoms in total. The number of Topliss-reactive ketones (excluding diaryl/α,β-unsaturated/α-hetero) is 1. The molecule has 0 saturated heterocycles. The van der Waals surface area contributed by atoms with Gasteiger partial charge in [-0.05, 0) is 17.9 Å². The van der Waals surface area contributed by atoms with E-state index in [4.69, 9.17) is 15.2 Å². The molecule has 1 aliphatic carbocycles. The number of hydrogen-bond acceptors (Lipinski definition) is 6. The Labute approximate surface area is 193 Å². The molecule has 0 saturated carbocycles. The van der Waals surface area contributed by atoms with Crippen LogP contribution in [0.15, 0.2) is 59.7 Å². The van der Waals surface area contributed by atoms with E-state index in [9.17, 15) is 14.4 Å². The first-order chi connectivity index (χ1) is 15.7. The Morgan fingerprint density at radius 3 is 2.70 bits per heavy atom. The third-order valence-corrected chi connectivity index (χ3v) is 6.48. The van der Waals surface area contributed by atoms with E-state index in [-0.39, 0.29) is 47.8 Å². The number of carbonyl (C=O) groups excluding carboxylic acids is 3. The van der Waals surface area contributed by atoms with Gasteiger partial charge >= 0.3 is 5.97 Å². The van der Waals surface area contributed by atoms with Crippen LogP contribution in [0, 0.1) is 5.41 Å². The van der Waals surface area contributed by atoms with Crippen LogP contribution in [-0.4, -0.2) is 30.8 Å². The maximum atomic E-state index is 14.2. The Morgan fingerprint density at radius 1 is 1.27 bits per heavy atom. The number of anilines is 1. The molecule has 2 heterocycles. The van der Waals surface area contributed by atoms with E-state index < -0.39 is 17.3 Å². The largest absolute Gasteiger partial charge is 0.462 e. The van der Waals surface area contributed by atoms with E-state index in [1.165, 1.54) is 4.90 Å². The van der Waals surface area contributed by atoms with Crippen molar-refractivity contribution in [2.24, 2.45) is 11.1 Å². The highest BCUT2D eigenvalue weighted by Gasteiger charge is 2.64. The van der Waals surface area contributed by atoms with Crippen molar-refractivity contribution in [3.63, 3.8) is 0 Å². The summed E-state index contributed by atoms with van der Waals surface area (Å²) in [7, 11) is 0. The lowest BCUT2D eigenvalue weighted by molar-refractivity contribution is -0.142. The monoisotopic (exact) mass is 450 g/mol. The lowest BCUT2D eigenvalue weighted by Crippen LogP contribution is -2.52. The lowest BCUT2D eigenvalue weighted by Gasteiger charge is -2.42. The van der Waals surface area contributed by atoms with E-state index >= 15 is 0 Å². The molecule has 174 valence electrons. The fourth-order valence-electron chi connectivity index (χ4n) is 5.14. The standard InChI is InChI=1S/C26H30N2O5/c1-5-7-13-32-23(30)21-22(27)33-19-15-25(3,4)14-18(29)20(19)26(21)16-10-8-9-11-17(16)28(12-6-2)24(26)31/h6,8-11H,2,5,7,12-15,27H2,1,3-4H3. The van der Waals surface area contributed by atoms with Crippen LogP contribution in [0.3, 0.4) is 0 Å². The molecule has 1 aromatic rings. The summed E-state index contributed by atoms with van der Waals surface area (Å²) < 4.78 is 11.4. The van der Waals surface area contributed by atoms with Crippen molar-refractivity contribution in [3.05, 3.63) is 65.3 Å². The van der Waals surface area contributed by atoms with E-state index in [1.807, 2.05) is 26.8 Å². The maximum Gasteiger partial charge on any atom is 0.341 e. The highest BCUT2D eigenvalue weighted by molar-refractivity contribution is 6.23. The first kappa shape index (κ1) is 22.8. The Balaban J connectivity index is 2.01. The minimum absolute atomic E-state index is 0.116. The van der Waals surface area contributed by atoms with Gasteiger partial charge in [-0.3, -0.25) is 9.59 Å². The summed E-state index contributed by atoms with van der Waals surface area (Å²) in [4.78, 5) is 42.8. The maximum absolute atomic E-state index is 14.2. The minimum Gasteiger partial charge on any atom is -0.462 e. The molecule has 0 bridgehead atoms. The second-order valence-electron chi connectivity index (χ2n) is 9.54. The van der Waals surface area contributed by atoms with E-state index in [2.05, 4.69) is 6.58 Å². The lowest BCUT2D eigenvalue weighted by atomic mass is 9.62. The molecule has 0 fully saturated rings. The zero-order chi connectivity index (χ0) is 24.0. The van der Waals surface area contributed by atoms with Gasteiger partial charge in [0.15, 0.2) is 5.78 Å². The van der Waals surface area contributed by atoms with Gasteiger partial charge < -0.3 is 20.1 Å². The molecule has 1 atom stereocenters. The summed E-state index contributed by atoms with van der Waals surface area (Å²) in [6.45, 7) is 10.1. The van der Waals surface area contributed by atoms with Crippen LogP contribution in [0.4, 0.5) is 5.69 Å². The van der Waals surface area contributed by atoms with Gasteiger partial charge in [-0.2, -0.15) is 0 Å². The third kappa shape index (κ3) is 3.37. The van der Waals surface area contributed by atoms with Gasteiger partial charge in [-0.1, -0.05) is 51.5 Å². The van der Waals surface area contributed by atoms with Gasteiger partial charge in [0.2, 0.25) is 11.8 Å². The van der Waals surface area contributed by atoms with Crippen molar-refractivity contribution in [1.82, 2.24) is 0 Å². The van der Waals surface area contributed by atoms with Crippen molar-refractivity contribution >= 4 is 23.3 Å². The van der Waals surface area contributed by atoms with Crippen molar-refractivity contribution < 1.29 is 23.9 Å². The molecular formula is C26H30N2O5. The molecule has 7 heteroatoms. The number of esters is 1. The Kier molecular flexibility index (Phi) is 5.68. The number of unbranched alkanes of at least 4 members (excludes halogenated alkanes) is 1. The first-order valence-corrected chi connectivity index (χ1v) is 11.3. The summed E-state index contributed by atoms with van der Waals surface area (Å²) in [5.41, 5.74) is 5.50. The normalized spacial score (nSPS) is 23.4. The van der Waals surface area contributed by atoms with Crippen LogP contribution in [0.5, 0.6) is 0 Å². The fraction of sp³-hybridized carbons (Fsp3) is 0.423. The SMILES string of the molecule is C=CCN1C(=O)C2(C(C(=O)OCCCC)=C(N)OC3=C2C(=O)CC(C)(C)C3)c2ccccc21. The van der Waals surface area contributed by atoms with Crippen molar-refractivity contribution in [3.8, 4) is 0 Å². The molecule has 1 aromatic carbocycles. The summed E-state index contributed by atoms with van der Waals surface area (Å²) in [6, 6.07) is 7.17. The number of fused-ring (bicyclic) bond motifs is 3. The van der Waals surface area contributed by atoms with Crippen molar-refractivity contribution in [2.75, 3.05) is 18.1 Å². The predicted molar refractivity (Wildman–Crippen MR) is 124 cm³/mol. The van der Waals surface area contributed by atoms with E-state index in [0.717, 1.165) is 6.42 Å². The summed E-state index contributed by atoms with van der Waals surface area (Å²) >= 11 is 0. The van der Waals surface area contributed by atoms with Crippen LogP contribution >= 0.6 is 0 Å². The van der Waals surface area contributed by atoms with Gasteiger partial charge in [-0.15, -0.1) is 6.58 Å². The molecule has 0 aromatic heterocycles. The van der Waals surface area contributed by atoms with Crippen LogP contribution in [0.2, 0.25) is 0 Å². The highest BCUT2D eigenvalue weighted by atomic mass is 16.5. The van der Waals surface area contributed by atoms with Gasteiger partial charge in [0.05, 0.1) is 12.2 Å². The number of nitrogens with two attached hydrogens (primary N) is 1. The van der Waals surface area contributed by atoms with Gasteiger partial charge in [0.25, 0.3) is 0 Å². The number of carbonyl (C=O) groups is 3.